The molecule has 0 saturated carbocycles. The Morgan fingerprint density at radius 2 is 2.18 bits per heavy atom. The van der Waals surface area contributed by atoms with E-state index in [0.717, 1.165) is 5.69 Å². The molecule has 0 amide bonds. The predicted octanol–water partition coefficient (Wildman–Crippen LogP) is 2.45. The van der Waals surface area contributed by atoms with E-state index in [2.05, 4.69) is 10.2 Å². The standard InChI is InChI=1S/C11H13N3O2S/c1-6(2)14-7(3)4-5-8(10(14)15)9-12-13-11(17)16-9/h4-6H,1-3H3,(H,13,17). The average Bonchev–Trinajstić information content (AvgIpc) is 2.64. The zero-order valence-electron chi connectivity index (χ0n) is 9.85. The van der Waals surface area contributed by atoms with Crippen molar-refractivity contribution < 1.29 is 4.42 Å². The zero-order valence-corrected chi connectivity index (χ0v) is 10.7. The van der Waals surface area contributed by atoms with E-state index in [1.54, 1.807) is 10.6 Å². The molecule has 2 rings (SSSR count). The number of aryl methyl sites for hydroxylation is 1. The van der Waals surface area contributed by atoms with Crippen molar-refractivity contribution in [3.63, 3.8) is 0 Å². The molecule has 0 aliphatic rings. The molecule has 0 aliphatic heterocycles. The van der Waals surface area contributed by atoms with E-state index < -0.39 is 0 Å². The van der Waals surface area contributed by atoms with Gasteiger partial charge in [-0.05, 0) is 45.1 Å². The third kappa shape index (κ3) is 2.08. The van der Waals surface area contributed by atoms with Crippen LogP contribution in [0, 0.1) is 11.8 Å². The molecule has 0 aliphatic carbocycles. The van der Waals surface area contributed by atoms with Gasteiger partial charge in [-0.1, -0.05) is 0 Å². The number of hydrogen-bond donors (Lipinski definition) is 1. The van der Waals surface area contributed by atoms with Crippen molar-refractivity contribution >= 4 is 12.2 Å². The van der Waals surface area contributed by atoms with Crippen LogP contribution in [-0.4, -0.2) is 14.8 Å². The summed E-state index contributed by atoms with van der Waals surface area (Å²) in [6.45, 7) is 5.81. The van der Waals surface area contributed by atoms with Gasteiger partial charge in [0.1, 0.15) is 5.56 Å². The molecule has 6 heteroatoms. The second-order valence-electron chi connectivity index (χ2n) is 4.08. The molecule has 0 bridgehead atoms. The summed E-state index contributed by atoms with van der Waals surface area (Å²) in [5, 5.41) is 6.38. The Labute approximate surface area is 103 Å². The van der Waals surface area contributed by atoms with Crippen LogP contribution in [0.2, 0.25) is 0 Å². The van der Waals surface area contributed by atoms with Crippen LogP contribution in [-0.2, 0) is 0 Å². The maximum atomic E-state index is 12.3. The highest BCUT2D eigenvalue weighted by Crippen LogP contribution is 2.14. The van der Waals surface area contributed by atoms with E-state index in [4.69, 9.17) is 16.6 Å². The van der Waals surface area contributed by atoms with Gasteiger partial charge in [0.05, 0.1) is 0 Å². The summed E-state index contributed by atoms with van der Waals surface area (Å²) in [7, 11) is 0. The Bertz CT molecular complexity index is 651. The molecule has 2 heterocycles. The van der Waals surface area contributed by atoms with Gasteiger partial charge in [0.25, 0.3) is 16.3 Å². The monoisotopic (exact) mass is 251 g/mol. The first-order valence-corrected chi connectivity index (χ1v) is 5.69. The summed E-state index contributed by atoms with van der Waals surface area (Å²) >= 11 is 4.79. The topological polar surface area (TPSA) is 63.8 Å². The molecule has 0 saturated heterocycles. The number of hydrogen-bond acceptors (Lipinski definition) is 4. The lowest BCUT2D eigenvalue weighted by Crippen LogP contribution is -2.25. The SMILES string of the molecule is Cc1ccc(-c2n[nH]c(=S)o2)c(=O)n1C(C)C. The van der Waals surface area contributed by atoms with E-state index in [1.165, 1.54) is 0 Å². The maximum Gasteiger partial charge on any atom is 0.284 e. The lowest BCUT2D eigenvalue weighted by atomic mass is 10.2. The van der Waals surface area contributed by atoms with Crippen LogP contribution in [0.1, 0.15) is 25.6 Å². The molecule has 0 aromatic carbocycles. The molecule has 17 heavy (non-hydrogen) atoms. The van der Waals surface area contributed by atoms with Gasteiger partial charge in [-0.2, -0.15) is 0 Å². The molecule has 5 nitrogen and oxygen atoms in total. The first-order valence-electron chi connectivity index (χ1n) is 5.28. The Morgan fingerprint density at radius 1 is 1.47 bits per heavy atom. The molecule has 2 aromatic heterocycles. The van der Waals surface area contributed by atoms with Crippen molar-refractivity contribution in [3.8, 4) is 11.5 Å². The van der Waals surface area contributed by atoms with Crippen LogP contribution in [0.3, 0.4) is 0 Å². The van der Waals surface area contributed by atoms with Crippen molar-refractivity contribution in [3.05, 3.63) is 33.0 Å². The molecule has 0 unspecified atom stereocenters. The third-order valence-electron chi connectivity index (χ3n) is 2.51. The van der Waals surface area contributed by atoms with E-state index in [9.17, 15) is 4.79 Å². The fraction of sp³-hybridized carbons (Fsp3) is 0.364. The number of nitrogens with one attached hydrogen (secondary N) is 1. The van der Waals surface area contributed by atoms with Crippen molar-refractivity contribution in [2.45, 2.75) is 26.8 Å². The largest absolute Gasteiger partial charge is 0.409 e. The van der Waals surface area contributed by atoms with Gasteiger partial charge in [-0.3, -0.25) is 4.79 Å². The molecular weight excluding hydrogens is 238 g/mol. The van der Waals surface area contributed by atoms with Crippen LogP contribution in [0.15, 0.2) is 21.3 Å². The van der Waals surface area contributed by atoms with Gasteiger partial charge in [-0.25, -0.2) is 5.10 Å². The highest BCUT2D eigenvalue weighted by molar-refractivity contribution is 7.71. The number of aromatic amines is 1. The van der Waals surface area contributed by atoms with Gasteiger partial charge < -0.3 is 8.98 Å². The Balaban J connectivity index is 2.69. The number of rotatable bonds is 2. The summed E-state index contributed by atoms with van der Waals surface area (Å²) in [6.07, 6.45) is 0. The summed E-state index contributed by atoms with van der Waals surface area (Å²) < 4.78 is 6.86. The van der Waals surface area contributed by atoms with Crippen LogP contribution >= 0.6 is 12.2 Å². The highest BCUT2D eigenvalue weighted by Gasteiger charge is 2.14. The summed E-state index contributed by atoms with van der Waals surface area (Å²) in [4.78, 5) is 12.4. The van der Waals surface area contributed by atoms with Crippen LogP contribution < -0.4 is 5.56 Å². The summed E-state index contributed by atoms with van der Waals surface area (Å²) in [6, 6.07) is 3.65. The minimum Gasteiger partial charge on any atom is -0.409 e. The second-order valence-corrected chi connectivity index (χ2v) is 4.45. The Kier molecular flexibility index (Phi) is 2.97. The van der Waals surface area contributed by atoms with Crippen molar-refractivity contribution in [2.24, 2.45) is 0 Å². The fourth-order valence-corrected chi connectivity index (χ4v) is 1.92. The van der Waals surface area contributed by atoms with Crippen LogP contribution in [0.4, 0.5) is 0 Å². The number of pyridine rings is 1. The van der Waals surface area contributed by atoms with Crippen LogP contribution in [0.5, 0.6) is 0 Å². The molecule has 90 valence electrons. The number of H-pyrrole nitrogens is 1. The molecule has 0 radical (unpaired) electrons. The summed E-state index contributed by atoms with van der Waals surface area (Å²) in [5.41, 5.74) is 1.20. The molecule has 1 N–H and O–H groups in total. The van der Waals surface area contributed by atoms with E-state index in [1.807, 2.05) is 26.8 Å². The van der Waals surface area contributed by atoms with Gasteiger partial charge >= 0.3 is 0 Å². The lowest BCUT2D eigenvalue weighted by molar-refractivity contribution is 0.540. The summed E-state index contributed by atoms with van der Waals surface area (Å²) in [5.74, 6) is 0.231. The Morgan fingerprint density at radius 3 is 2.71 bits per heavy atom. The molecule has 0 atom stereocenters. The minimum absolute atomic E-state index is 0.0874. The Hall–Kier alpha value is -1.69. The van der Waals surface area contributed by atoms with Gasteiger partial charge in [0.2, 0.25) is 0 Å². The third-order valence-corrected chi connectivity index (χ3v) is 2.68. The van der Waals surface area contributed by atoms with Gasteiger partial charge in [0.15, 0.2) is 0 Å². The van der Waals surface area contributed by atoms with Crippen molar-refractivity contribution in [1.29, 1.82) is 0 Å². The normalized spacial score (nSPS) is 11.1. The molecule has 0 fully saturated rings. The first kappa shape index (κ1) is 11.8. The lowest BCUT2D eigenvalue weighted by Gasteiger charge is -2.14. The molecule has 2 aromatic rings. The van der Waals surface area contributed by atoms with E-state index in [-0.39, 0.29) is 22.3 Å². The average molecular weight is 251 g/mol. The van der Waals surface area contributed by atoms with Crippen molar-refractivity contribution in [1.82, 2.24) is 14.8 Å². The zero-order chi connectivity index (χ0) is 12.6. The molecular formula is C11H13N3O2S. The molecule has 0 spiro atoms. The smallest absolute Gasteiger partial charge is 0.284 e. The number of aromatic nitrogens is 3. The minimum atomic E-state index is -0.120. The quantitative estimate of drug-likeness (QED) is 0.833. The first-order chi connectivity index (χ1) is 8.00. The maximum absolute atomic E-state index is 12.3. The van der Waals surface area contributed by atoms with E-state index >= 15 is 0 Å². The van der Waals surface area contributed by atoms with Gasteiger partial charge in [-0.15, -0.1) is 5.10 Å². The fourth-order valence-electron chi connectivity index (χ4n) is 1.80. The predicted molar refractivity (Wildman–Crippen MR) is 66.5 cm³/mol. The number of nitrogens with zero attached hydrogens (tertiary/aromatic N) is 2. The van der Waals surface area contributed by atoms with E-state index in [0.29, 0.717) is 5.56 Å². The second kappa shape index (κ2) is 4.29. The van der Waals surface area contributed by atoms with Crippen molar-refractivity contribution in [2.75, 3.05) is 0 Å². The van der Waals surface area contributed by atoms with Gasteiger partial charge in [0, 0.05) is 11.7 Å². The highest BCUT2D eigenvalue weighted by atomic mass is 32.1. The van der Waals surface area contributed by atoms with Crippen LogP contribution in [0.25, 0.3) is 11.5 Å².